The van der Waals surface area contributed by atoms with Gasteiger partial charge in [0.1, 0.15) is 24.2 Å². The van der Waals surface area contributed by atoms with Gasteiger partial charge in [-0.25, -0.2) is 0 Å². The van der Waals surface area contributed by atoms with Crippen LogP contribution in [0.3, 0.4) is 0 Å². The van der Waals surface area contributed by atoms with E-state index in [0.717, 1.165) is 18.4 Å². The van der Waals surface area contributed by atoms with Crippen LogP contribution in [0.25, 0.3) is 22.1 Å². The van der Waals surface area contributed by atoms with Gasteiger partial charge in [0.25, 0.3) is 0 Å². The molecule has 0 saturated heterocycles. The van der Waals surface area contributed by atoms with Crippen LogP contribution >= 0.6 is 0 Å². The van der Waals surface area contributed by atoms with E-state index in [4.69, 9.17) is 18.6 Å². The number of hydrogen-bond donors (Lipinski definition) is 0. The summed E-state index contributed by atoms with van der Waals surface area (Å²) < 4.78 is 22.3. The third-order valence-corrected chi connectivity index (χ3v) is 5.20. The molecule has 2 aromatic carbocycles. The second-order valence-corrected chi connectivity index (χ2v) is 7.89. The number of hydrogen-bond acceptors (Lipinski definition) is 5. The molecular weight excluding hydrogens is 392 g/mol. The maximum Gasteiger partial charge on any atom is 0.231 e. The van der Waals surface area contributed by atoms with Gasteiger partial charge in [-0.3, -0.25) is 4.79 Å². The molecule has 0 atom stereocenters. The van der Waals surface area contributed by atoms with E-state index in [2.05, 4.69) is 32.9 Å². The van der Waals surface area contributed by atoms with Gasteiger partial charge in [0, 0.05) is 6.07 Å². The van der Waals surface area contributed by atoms with Crippen molar-refractivity contribution in [3.05, 3.63) is 76.2 Å². The largest absolute Gasteiger partial charge is 0.489 e. The molecule has 1 aromatic heterocycles. The van der Waals surface area contributed by atoms with Gasteiger partial charge in [0.05, 0.1) is 10.9 Å². The molecule has 0 fully saturated rings. The van der Waals surface area contributed by atoms with Gasteiger partial charge in [0.15, 0.2) is 16.9 Å². The molecular formula is C26H26O5. The smallest absolute Gasteiger partial charge is 0.231 e. The van der Waals surface area contributed by atoms with E-state index in [-0.39, 0.29) is 12.2 Å². The first-order valence-electron chi connectivity index (χ1n) is 10.4. The molecule has 0 N–H and O–H groups in total. The predicted octanol–water partition coefficient (Wildman–Crippen LogP) is 6.26. The summed E-state index contributed by atoms with van der Waals surface area (Å²) in [6.45, 7) is 7.00. The van der Waals surface area contributed by atoms with Gasteiger partial charge in [-0.05, 0) is 69.5 Å². The van der Waals surface area contributed by atoms with Crippen LogP contribution in [0.4, 0.5) is 0 Å². The summed E-state index contributed by atoms with van der Waals surface area (Å²) in [6, 6.07) is 10.7. The summed E-state index contributed by atoms with van der Waals surface area (Å²) in [5, 5.41) is 0.510. The second-order valence-electron chi connectivity index (χ2n) is 7.89. The fraction of sp³-hybridized carbons (Fsp3) is 0.269. The average Bonchev–Trinajstić information content (AvgIpc) is 3.21. The van der Waals surface area contributed by atoms with Crippen LogP contribution in [0.5, 0.6) is 17.2 Å². The van der Waals surface area contributed by atoms with Crippen molar-refractivity contribution in [1.82, 2.24) is 0 Å². The maximum absolute atomic E-state index is 13.0. The molecule has 31 heavy (non-hydrogen) atoms. The lowest BCUT2D eigenvalue weighted by Crippen LogP contribution is -2.05. The molecule has 5 heteroatoms. The third kappa shape index (κ3) is 4.82. The van der Waals surface area contributed by atoms with Crippen LogP contribution in [0.15, 0.2) is 75.2 Å². The lowest BCUT2D eigenvalue weighted by atomic mass is 10.0. The maximum atomic E-state index is 13.0. The van der Waals surface area contributed by atoms with Crippen molar-refractivity contribution >= 4 is 11.0 Å². The highest BCUT2D eigenvalue weighted by Gasteiger charge is 2.16. The number of rotatable bonds is 7. The Morgan fingerprint density at radius 3 is 2.71 bits per heavy atom. The second kappa shape index (κ2) is 9.13. The minimum atomic E-state index is -0.0957. The molecule has 0 spiro atoms. The highest BCUT2D eigenvalue weighted by Crippen LogP contribution is 2.35. The number of fused-ring (bicyclic) bond motifs is 2. The first-order chi connectivity index (χ1) is 15.0. The first kappa shape index (κ1) is 20.8. The third-order valence-electron chi connectivity index (χ3n) is 5.20. The molecule has 1 aliphatic rings. The van der Waals surface area contributed by atoms with Gasteiger partial charge in [0.2, 0.25) is 6.79 Å². The quantitative estimate of drug-likeness (QED) is 0.424. The van der Waals surface area contributed by atoms with Crippen LogP contribution < -0.4 is 19.6 Å². The van der Waals surface area contributed by atoms with Crippen molar-refractivity contribution in [2.24, 2.45) is 0 Å². The molecule has 5 nitrogen and oxygen atoms in total. The lowest BCUT2D eigenvalue weighted by molar-refractivity contribution is 0.174. The molecule has 0 saturated carbocycles. The summed E-state index contributed by atoms with van der Waals surface area (Å²) >= 11 is 0. The van der Waals surface area contributed by atoms with Gasteiger partial charge in [-0.2, -0.15) is 0 Å². The number of allylic oxidation sites excluding steroid dienone is 3. The molecule has 0 bridgehead atoms. The molecule has 4 rings (SSSR count). The molecule has 160 valence electrons. The summed E-state index contributed by atoms with van der Waals surface area (Å²) in [7, 11) is 0. The zero-order valence-corrected chi connectivity index (χ0v) is 18.1. The Morgan fingerprint density at radius 1 is 1.03 bits per heavy atom. The zero-order valence-electron chi connectivity index (χ0n) is 18.1. The normalized spacial score (nSPS) is 12.8. The van der Waals surface area contributed by atoms with Crippen molar-refractivity contribution in [2.75, 3.05) is 13.4 Å². The van der Waals surface area contributed by atoms with E-state index in [1.165, 1.54) is 17.4 Å². The van der Waals surface area contributed by atoms with E-state index in [1.54, 1.807) is 30.3 Å². The van der Waals surface area contributed by atoms with Crippen LogP contribution in [-0.2, 0) is 0 Å². The Balaban J connectivity index is 1.48. The predicted molar refractivity (Wildman–Crippen MR) is 122 cm³/mol. The van der Waals surface area contributed by atoms with Crippen molar-refractivity contribution in [1.29, 1.82) is 0 Å². The Bertz CT molecular complexity index is 1210. The SMILES string of the molecule is CC(C)=CCC/C(C)=C/COc1ccc2c(=O)c(-c3ccc4c(c3)OCO4)coc2c1. The summed E-state index contributed by atoms with van der Waals surface area (Å²) in [6.07, 6.45) is 7.86. The highest BCUT2D eigenvalue weighted by molar-refractivity contribution is 5.83. The Hall–Kier alpha value is -3.47. The highest BCUT2D eigenvalue weighted by atomic mass is 16.7. The minimum absolute atomic E-state index is 0.0957. The Morgan fingerprint density at radius 2 is 1.87 bits per heavy atom. The molecule has 3 aromatic rings. The summed E-state index contributed by atoms with van der Waals surface area (Å²) in [5.41, 5.74) is 4.24. The molecule has 0 amide bonds. The van der Waals surface area contributed by atoms with Crippen molar-refractivity contribution < 1.29 is 18.6 Å². The standard InChI is InChI=1S/C26H26O5/c1-17(2)5-4-6-18(3)11-12-28-20-8-9-21-24(14-20)29-15-22(26(21)27)19-7-10-23-25(13-19)31-16-30-23/h5,7-11,13-15H,4,6,12,16H2,1-3H3/b18-11+. The van der Waals surface area contributed by atoms with Crippen LogP contribution in [0.2, 0.25) is 0 Å². The Kier molecular flexibility index (Phi) is 6.12. The van der Waals surface area contributed by atoms with Gasteiger partial charge < -0.3 is 18.6 Å². The van der Waals surface area contributed by atoms with Crippen molar-refractivity contribution in [3.63, 3.8) is 0 Å². The molecule has 2 heterocycles. The monoisotopic (exact) mass is 418 g/mol. The number of benzene rings is 2. The molecule has 0 radical (unpaired) electrons. The van der Waals surface area contributed by atoms with Crippen molar-refractivity contribution in [2.45, 2.75) is 33.6 Å². The van der Waals surface area contributed by atoms with Crippen LogP contribution in [0.1, 0.15) is 33.6 Å². The van der Waals surface area contributed by atoms with Gasteiger partial charge >= 0.3 is 0 Å². The van der Waals surface area contributed by atoms with E-state index >= 15 is 0 Å². The first-order valence-corrected chi connectivity index (χ1v) is 10.4. The molecule has 0 unspecified atom stereocenters. The summed E-state index contributed by atoms with van der Waals surface area (Å²) in [5.74, 6) is 1.97. The van der Waals surface area contributed by atoms with E-state index in [0.29, 0.717) is 40.4 Å². The Labute approximate surface area is 181 Å². The van der Waals surface area contributed by atoms with E-state index in [1.807, 2.05) is 6.07 Å². The zero-order chi connectivity index (χ0) is 21.8. The van der Waals surface area contributed by atoms with Gasteiger partial charge in [-0.15, -0.1) is 0 Å². The number of ether oxygens (including phenoxy) is 3. The van der Waals surface area contributed by atoms with Crippen molar-refractivity contribution in [3.8, 4) is 28.4 Å². The molecule has 0 aliphatic carbocycles. The van der Waals surface area contributed by atoms with E-state index in [9.17, 15) is 4.79 Å². The lowest BCUT2D eigenvalue weighted by Gasteiger charge is -2.07. The topological polar surface area (TPSA) is 57.9 Å². The van der Waals surface area contributed by atoms with E-state index < -0.39 is 0 Å². The molecule has 1 aliphatic heterocycles. The summed E-state index contributed by atoms with van der Waals surface area (Å²) in [4.78, 5) is 13.0. The van der Waals surface area contributed by atoms with Crippen LogP contribution in [-0.4, -0.2) is 13.4 Å². The minimum Gasteiger partial charge on any atom is -0.489 e. The fourth-order valence-electron chi connectivity index (χ4n) is 3.43. The van der Waals surface area contributed by atoms with Crippen LogP contribution in [0, 0.1) is 0 Å². The average molecular weight is 418 g/mol. The fourth-order valence-corrected chi connectivity index (χ4v) is 3.43. The van der Waals surface area contributed by atoms with Gasteiger partial charge in [-0.1, -0.05) is 23.3 Å².